The second-order valence-corrected chi connectivity index (χ2v) is 4.62. The molecule has 1 saturated heterocycles. The fraction of sp³-hybridized carbons (Fsp3) is 0.917. The van der Waals surface area contributed by atoms with Crippen LogP contribution in [-0.2, 0) is 4.74 Å². The summed E-state index contributed by atoms with van der Waals surface area (Å²) in [6.07, 6.45) is 1.84. The highest BCUT2D eigenvalue weighted by Crippen LogP contribution is 2.10. The van der Waals surface area contributed by atoms with E-state index in [4.69, 9.17) is 4.74 Å². The quantitative estimate of drug-likeness (QED) is 0.334. The Morgan fingerprint density at radius 3 is 2.44 bits per heavy atom. The maximum atomic E-state index is 5.71. The highest BCUT2D eigenvalue weighted by molar-refractivity contribution is 14.0. The SMILES string of the molecule is CN=C(NC)NCCCN1CC(C)OC(C)C1.I. The number of halogens is 1. The third kappa shape index (κ3) is 6.75. The molecule has 0 aromatic carbocycles. The molecule has 0 bridgehead atoms. The van der Waals surface area contributed by atoms with E-state index in [2.05, 4.69) is 34.4 Å². The molecule has 1 heterocycles. The predicted octanol–water partition coefficient (Wildman–Crippen LogP) is 0.898. The molecule has 0 aromatic heterocycles. The number of ether oxygens (including phenoxy) is 1. The van der Waals surface area contributed by atoms with Gasteiger partial charge >= 0.3 is 0 Å². The number of rotatable bonds is 4. The van der Waals surface area contributed by atoms with Gasteiger partial charge in [0.05, 0.1) is 12.2 Å². The van der Waals surface area contributed by atoms with Crippen LogP contribution in [0, 0.1) is 0 Å². The summed E-state index contributed by atoms with van der Waals surface area (Å²) in [6, 6.07) is 0. The summed E-state index contributed by atoms with van der Waals surface area (Å²) in [4.78, 5) is 6.55. The minimum absolute atomic E-state index is 0. The minimum atomic E-state index is 0. The summed E-state index contributed by atoms with van der Waals surface area (Å²) in [5, 5.41) is 6.27. The predicted molar refractivity (Wildman–Crippen MR) is 86.9 cm³/mol. The molecule has 1 aliphatic rings. The smallest absolute Gasteiger partial charge is 0.190 e. The van der Waals surface area contributed by atoms with Crippen molar-refractivity contribution in [3.05, 3.63) is 0 Å². The van der Waals surface area contributed by atoms with E-state index < -0.39 is 0 Å². The first-order valence-corrected chi connectivity index (χ1v) is 6.42. The third-order valence-corrected chi connectivity index (χ3v) is 2.90. The Morgan fingerprint density at radius 2 is 1.94 bits per heavy atom. The Labute approximate surface area is 128 Å². The summed E-state index contributed by atoms with van der Waals surface area (Å²) in [7, 11) is 3.66. The van der Waals surface area contributed by atoms with Crippen LogP contribution in [0.1, 0.15) is 20.3 Å². The molecular weight excluding hydrogens is 343 g/mol. The van der Waals surface area contributed by atoms with E-state index in [1.54, 1.807) is 7.05 Å². The summed E-state index contributed by atoms with van der Waals surface area (Å²) in [6.45, 7) is 8.45. The van der Waals surface area contributed by atoms with Crippen molar-refractivity contribution in [3.63, 3.8) is 0 Å². The standard InChI is InChI=1S/C12H26N4O.HI/c1-10-8-16(9-11(2)17-10)7-5-6-15-12(13-3)14-4;/h10-11H,5-9H2,1-4H3,(H2,13,14,15);1H. The lowest BCUT2D eigenvalue weighted by Crippen LogP contribution is -2.46. The molecule has 6 heteroatoms. The van der Waals surface area contributed by atoms with Gasteiger partial charge in [-0.25, -0.2) is 0 Å². The lowest BCUT2D eigenvalue weighted by Gasteiger charge is -2.35. The van der Waals surface area contributed by atoms with Crippen molar-refractivity contribution in [2.24, 2.45) is 4.99 Å². The van der Waals surface area contributed by atoms with E-state index >= 15 is 0 Å². The average Bonchev–Trinajstić information content (AvgIpc) is 2.28. The maximum absolute atomic E-state index is 5.71. The molecule has 108 valence electrons. The van der Waals surface area contributed by atoms with Crippen LogP contribution in [0.4, 0.5) is 0 Å². The molecule has 2 unspecified atom stereocenters. The summed E-state index contributed by atoms with van der Waals surface area (Å²) in [5.74, 6) is 0.855. The normalized spacial score (nSPS) is 25.4. The van der Waals surface area contributed by atoms with Crippen LogP contribution in [0.3, 0.4) is 0 Å². The zero-order chi connectivity index (χ0) is 12.7. The molecule has 1 fully saturated rings. The molecule has 0 amide bonds. The van der Waals surface area contributed by atoms with Gasteiger partial charge in [-0.05, 0) is 20.3 Å². The van der Waals surface area contributed by atoms with Gasteiger partial charge in [-0.1, -0.05) is 0 Å². The third-order valence-electron chi connectivity index (χ3n) is 2.90. The zero-order valence-corrected chi connectivity index (χ0v) is 14.2. The van der Waals surface area contributed by atoms with E-state index in [9.17, 15) is 0 Å². The monoisotopic (exact) mass is 370 g/mol. The lowest BCUT2D eigenvalue weighted by molar-refractivity contribution is -0.0679. The number of guanidine groups is 1. The highest BCUT2D eigenvalue weighted by atomic mass is 127. The number of morpholine rings is 1. The fourth-order valence-electron chi connectivity index (χ4n) is 2.26. The van der Waals surface area contributed by atoms with Crippen LogP contribution in [-0.4, -0.2) is 63.3 Å². The molecule has 0 aromatic rings. The van der Waals surface area contributed by atoms with Gasteiger partial charge < -0.3 is 15.4 Å². The van der Waals surface area contributed by atoms with Gasteiger partial charge in [-0.2, -0.15) is 0 Å². The van der Waals surface area contributed by atoms with Crippen molar-refractivity contribution in [2.45, 2.75) is 32.5 Å². The van der Waals surface area contributed by atoms with Gasteiger partial charge in [0.15, 0.2) is 5.96 Å². The van der Waals surface area contributed by atoms with Crippen LogP contribution in [0.5, 0.6) is 0 Å². The molecule has 1 rings (SSSR count). The largest absolute Gasteiger partial charge is 0.373 e. The summed E-state index contributed by atoms with van der Waals surface area (Å²) >= 11 is 0. The molecule has 0 spiro atoms. The van der Waals surface area contributed by atoms with Crippen molar-refractivity contribution < 1.29 is 4.74 Å². The second-order valence-electron chi connectivity index (χ2n) is 4.62. The number of aliphatic imine (C=N–C) groups is 1. The molecule has 5 nitrogen and oxygen atoms in total. The Morgan fingerprint density at radius 1 is 1.33 bits per heavy atom. The lowest BCUT2D eigenvalue weighted by atomic mass is 10.2. The first-order chi connectivity index (χ1) is 8.15. The van der Waals surface area contributed by atoms with Gasteiger partial charge in [0.25, 0.3) is 0 Å². The van der Waals surface area contributed by atoms with Crippen molar-refractivity contribution in [1.29, 1.82) is 0 Å². The minimum Gasteiger partial charge on any atom is -0.373 e. The Hall–Kier alpha value is -0.0800. The van der Waals surface area contributed by atoms with Crippen LogP contribution in [0.25, 0.3) is 0 Å². The van der Waals surface area contributed by atoms with E-state index in [1.165, 1.54) is 0 Å². The van der Waals surface area contributed by atoms with E-state index in [-0.39, 0.29) is 24.0 Å². The van der Waals surface area contributed by atoms with Gasteiger partial charge in [-0.3, -0.25) is 9.89 Å². The first kappa shape index (κ1) is 17.9. The van der Waals surface area contributed by atoms with Gasteiger partial charge in [-0.15, -0.1) is 24.0 Å². The number of nitrogens with one attached hydrogen (secondary N) is 2. The molecule has 0 radical (unpaired) electrons. The van der Waals surface area contributed by atoms with Crippen LogP contribution in [0.15, 0.2) is 4.99 Å². The van der Waals surface area contributed by atoms with Crippen LogP contribution >= 0.6 is 24.0 Å². The van der Waals surface area contributed by atoms with Crippen LogP contribution < -0.4 is 10.6 Å². The average molecular weight is 370 g/mol. The Bertz CT molecular complexity index is 240. The molecule has 0 saturated carbocycles. The van der Waals surface area contributed by atoms with E-state index in [0.29, 0.717) is 12.2 Å². The van der Waals surface area contributed by atoms with Crippen molar-refractivity contribution in [1.82, 2.24) is 15.5 Å². The highest BCUT2D eigenvalue weighted by Gasteiger charge is 2.21. The van der Waals surface area contributed by atoms with Crippen molar-refractivity contribution in [3.8, 4) is 0 Å². The Kier molecular flexibility index (Phi) is 9.76. The second kappa shape index (κ2) is 9.80. The summed E-state index contributed by atoms with van der Waals surface area (Å²) in [5.41, 5.74) is 0. The number of hydrogen-bond donors (Lipinski definition) is 2. The van der Waals surface area contributed by atoms with Crippen molar-refractivity contribution >= 4 is 29.9 Å². The molecule has 0 aliphatic carbocycles. The number of hydrogen-bond acceptors (Lipinski definition) is 3. The molecule has 2 N–H and O–H groups in total. The topological polar surface area (TPSA) is 48.9 Å². The maximum Gasteiger partial charge on any atom is 0.190 e. The molecule has 1 aliphatic heterocycles. The van der Waals surface area contributed by atoms with Gasteiger partial charge in [0.1, 0.15) is 0 Å². The van der Waals surface area contributed by atoms with Crippen molar-refractivity contribution in [2.75, 3.05) is 40.3 Å². The summed E-state index contributed by atoms with van der Waals surface area (Å²) < 4.78 is 5.71. The van der Waals surface area contributed by atoms with Crippen LogP contribution in [0.2, 0.25) is 0 Å². The Balaban J connectivity index is 0.00000289. The molecular formula is C12H27IN4O. The number of nitrogens with zero attached hydrogens (tertiary/aromatic N) is 2. The van der Waals surface area contributed by atoms with E-state index in [0.717, 1.165) is 38.6 Å². The zero-order valence-electron chi connectivity index (χ0n) is 11.9. The van der Waals surface area contributed by atoms with Gasteiger partial charge in [0.2, 0.25) is 0 Å². The van der Waals surface area contributed by atoms with Gasteiger partial charge in [0, 0.05) is 40.3 Å². The first-order valence-electron chi connectivity index (χ1n) is 6.42. The molecule has 18 heavy (non-hydrogen) atoms. The molecule has 2 atom stereocenters. The fourth-order valence-corrected chi connectivity index (χ4v) is 2.26. The van der Waals surface area contributed by atoms with E-state index in [1.807, 2.05) is 7.05 Å².